The lowest BCUT2D eigenvalue weighted by atomic mass is 10.0. The third-order valence-corrected chi connectivity index (χ3v) is 4.16. The number of halogens is 1. The highest BCUT2D eigenvalue weighted by Gasteiger charge is 2.20. The van der Waals surface area contributed by atoms with Gasteiger partial charge >= 0.3 is 5.97 Å². The number of aromatic amines is 1. The number of fused-ring (bicyclic) bond motifs is 1. The second kappa shape index (κ2) is 6.10. The van der Waals surface area contributed by atoms with Crippen molar-refractivity contribution in [3.8, 4) is 34.0 Å². The van der Waals surface area contributed by atoms with Gasteiger partial charge in [0.2, 0.25) is 0 Å². The predicted molar refractivity (Wildman–Crippen MR) is 95.0 cm³/mol. The number of aromatic carboxylic acids is 1. The molecule has 134 valence electrons. The van der Waals surface area contributed by atoms with Gasteiger partial charge < -0.3 is 15.3 Å². The second-order valence-corrected chi connectivity index (χ2v) is 5.87. The molecule has 7 nitrogen and oxygen atoms in total. The van der Waals surface area contributed by atoms with Gasteiger partial charge in [-0.1, -0.05) is 0 Å². The summed E-state index contributed by atoms with van der Waals surface area (Å²) in [4.78, 5) is 16.2. The van der Waals surface area contributed by atoms with E-state index in [0.717, 1.165) is 0 Å². The van der Waals surface area contributed by atoms with Crippen LogP contribution in [0.3, 0.4) is 0 Å². The van der Waals surface area contributed by atoms with Crippen LogP contribution in [-0.2, 0) is 0 Å². The molecular formula is C19H12FN3O4. The third kappa shape index (κ3) is 2.82. The van der Waals surface area contributed by atoms with Gasteiger partial charge in [0.1, 0.15) is 5.82 Å². The van der Waals surface area contributed by atoms with Crippen molar-refractivity contribution in [3.05, 3.63) is 59.9 Å². The summed E-state index contributed by atoms with van der Waals surface area (Å²) in [6.07, 6.45) is 0. The fourth-order valence-electron chi connectivity index (χ4n) is 2.85. The second-order valence-electron chi connectivity index (χ2n) is 5.87. The number of phenolic OH excluding ortho intramolecular Hbond substituents is 2. The monoisotopic (exact) mass is 365 g/mol. The first-order valence-electron chi connectivity index (χ1n) is 7.85. The van der Waals surface area contributed by atoms with Gasteiger partial charge in [0.05, 0.1) is 22.3 Å². The highest BCUT2D eigenvalue weighted by Crippen LogP contribution is 2.34. The van der Waals surface area contributed by atoms with Gasteiger partial charge in [-0.15, -0.1) is 0 Å². The molecule has 2 aromatic heterocycles. The lowest BCUT2D eigenvalue weighted by molar-refractivity contribution is 0.0699. The minimum atomic E-state index is -1.18. The number of phenols is 2. The quantitative estimate of drug-likeness (QED) is 0.412. The summed E-state index contributed by atoms with van der Waals surface area (Å²) in [6.45, 7) is 0. The molecule has 0 saturated carbocycles. The van der Waals surface area contributed by atoms with Crippen LogP contribution in [0.1, 0.15) is 10.4 Å². The number of carboxylic acids is 1. The van der Waals surface area contributed by atoms with Gasteiger partial charge in [-0.2, -0.15) is 5.10 Å². The number of aromatic nitrogens is 3. The highest BCUT2D eigenvalue weighted by molar-refractivity contribution is 6.08. The molecule has 0 saturated heterocycles. The molecule has 0 aliphatic carbocycles. The molecule has 0 atom stereocenters. The Morgan fingerprint density at radius 1 is 0.963 bits per heavy atom. The van der Waals surface area contributed by atoms with Gasteiger partial charge in [0.15, 0.2) is 17.1 Å². The van der Waals surface area contributed by atoms with Crippen molar-refractivity contribution >= 4 is 17.0 Å². The molecule has 0 aliphatic heterocycles. The Balaban J connectivity index is 1.95. The summed E-state index contributed by atoms with van der Waals surface area (Å²) in [5.74, 6) is -2.23. The SMILES string of the molecule is O=C(O)c1cc(-c2ccc(O)c(O)c2)nc2n[nH]c(-c3ccc(F)cc3)c12. The zero-order chi connectivity index (χ0) is 19.1. The molecule has 4 N–H and O–H groups in total. The third-order valence-electron chi connectivity index (χ3n) is 4.16. The van der Waals surface area contributed by atoms with Crippen LogP contribution in [0.4, 0.5) is 4.39 Å². The topological polar surface area (TPSA) is 119 Å². The maximum absolute atomic E-state index is 13.2. The normalized spacial score (nSPS) is 11.0. The van der Waals surface area contributed by atoms with E-state index in [1.807, 2.05) is 0 Å². The Kier molecular flexibility index (Phi) is 3.73. The van der Waals surface area contributed by atoms with Crippen LogP contribution in [0.2, 0.25) is 0 Å². The fourth-order valence-corrected chi connectivity index (χ4v) is 2.85. The lowest BCUT2D eigenvalue weighted by Crippen LogP contribution is -2.00. The Bertz CT molecular complexity index is 1190. The maximum atomic E-state index is 13.2. The molecule has 0 amide bonds. The van der Waals surface area contributed by atoms with Crippen molar-refractivity contribution in [2.45, 2.75) is 0 Å². The van der Waals surface area contributed by atoms with Gasteiger partial charge in [-0.05, 0) is 48.5 Å². The Morgan fingerprint density at radius 3 is 2.33 bits per heavy atom. The van der Waals surface area contributed by atoms with E-state index in [2.05, 4.69) is 15.2 Å². The van der Waals surface area contributed by atoms with Crippen molar-refractivity contribution in [1.29, 1.82) is 0 Å². The smallest absolute Gasteiger partial charge is 0.336 e. The number of carbonyl (C=O) groups is 1. The molecule has 0 fully saturated rings. The molecule has 0 bridgehead atoms. The van der Waals surface area contributed by atoms with E-state index >= 15 is 0 Å². The van der Waals surface area contributed by atoms with E-state index in [1.165, 1.54) is 48.5 Å². The van der Waals surface area contributed by atoms with Crippen molar-refractivity contribution < 1.29 is 24.5 Å². The summed E-state index contributed by atoms with van der Waals surface area (Å²) in [5, 5.41) is 35.9. The first-order chi connectivity index (χ1) is 12.9. The molecule has 0 spiro atoms. The summed E-state index contributed by atoms with van der Waals surface area (Å²) in [6, 6.07) is 11.0. The van der Waals surface area contributed by atoms with Crippen molar-refractivity contribution in [2.24, 2.45) is 0 Å². The summed E-state index contributed by atoms with van der Waals surface area (Å²) < 4.78 is 13.2. The molecular weight excluding hydrogens is 353 g/mol. The number of aromatic hydroxyl groups is 2. The van der Waals surface area contributed by atoms with Crippen LogP contribution < -0.4 is 0 Å². The van der Waals surface area contributed by atoms with Crippen molar-refractivity contribution in [2.75, 3.05) is 0 Å². The number of carboxylic acid groups (broad SMARTS) is 1. The van der Waals surface area contributed by atoms with Crippen LogP contribution in [-0.4, -0.2) is 36.5 Å². The van der Waals surface area contributed by atoms with Gasteiger partial charge in [0, 0.05) is 11.1 Å². The van der Waals surface area contributed by atoms with Crippen molar-refractivity contribution in [1.82, 2.24) is 15.2 Å². The van der Waals surface area contributed by atoms with E-state index in [1.54, 1.807) is 0 Å². The molecule has 4 aromatic rings. The molecule has 4 rings (SSSR count). The number of hydrogen-bond donors (Lipinski definition) is 4. The summed E-state index contributed by atoms with van der Waals surface area (Å²) in [5.41, 5.74) is 1.79. The number of rotatable bonds is 3. The van der Waals surface area contributed by atoms with Crippen LogP contribution in [0.5, 0.6) is 11.5 Å². The van der Waals surface area contributed by atoms with Gasteiger partial charge in [0.25, 0.3) is 0 Å². The standard InChI is InChI=1S/C19H12FN3O4/c20-11-4-1-9(2-5-11)17-16-12(19(26)27)8-13(21-18(16)23-22-17)10-3-6-14(24)15(25)7-10/h1-8,24-25H,(H,26,27)(H,21,22,23). The van der Waals surface area contributed by atoms with Crippen LogP contribution in [0.25, 0.3) is 33.5 Å². The van der Waals surface area contributed by atoms with E-state index in [0.29, 0.717) is 22.2 Å². The van der Waals surface area contributed by atoms with E-state index in [4.69, 9.17) is 0 Å². The molecule has 2 aromatic carbocycles. The number of nitrogens with zero attached hydrogens (tertiary/aromatic N) is 2. The molecule has 0 aliphatic rings. The zero-order valence-corrected chi connectivity index (χ0v) is 13.6. The average molecular weight is 365 g/mol. The fraction of sp³-hybridized carbons (Fsp3) is 0. The average Bonchev–Trinajstić information content (AvgIpc) is 3.07. The highest BCUT2D eigenvalue weighted by atomic mass is 19.1. The van der Waals surface area contributed by atoms with E-state index < -0.39 is 11.8 Å². The lowest BCUT2D eigenvalue weighted by Gasteiger charge is -2.07. The number of hydrogen-bond acceptors (Lipinski definition) is 5. The largest absolute Gasteiger partial charge is 0.504 e. The first kappa shape index (κ1) is 16.5. The molecule has 2 heterocycles. The van der Waals surface area contributed by atoms with Crippen LogP contribution >= 0.6 is 0 Å². The van der Waals surface area contributed by atoms with Gasteiger partial charge in [-0.25, -0.2) is 14.2 Å². The number of benzene rings is 2. The summed E-state index contributed by atoms with van der Waals surface area (Å²) >= 11 is 0. The molecule has 0 radical (unpaired) electrons. The van der Waals surface area contributed by atoms with Gasteiger partial charge in [-0.3, -0.25) is 5.10 Å². The summed E-state index contributed by atoms with van der Waals surface area (Å²) in [7, 11) is 0. The predicted octanol–water partition coefficient (Wildman–Crippen LogP) is 3.54. The Labute approximate surface area is 151 Å². The van der Waals surface area contributed by atoms with E-state index in [-0.39, 0.29) is 28.4 Å². The van der Waals surface area contributed by atoms with Crippen molar-refractivity contribution in [3.63, 3.8) is 0 Å². The van der Waals surface area contributed by atoms with Crippen LogP contribution in [0, 0.1) is 5.82 Å². The Morgan fingerprint density at radius 2 is 1.67 bits per heavy atom. The molecule has 27 heavy (non-hydrogen) atoms. The van der Waals surface area contributed by atoms with Crippen LogP contribution in [0.15, 0.2) is 48.5 Å². The number of nitrogens with one attached hydrogen (secondary N) is 1. The number of H-pyrrole nitrogens is 1. The molecule has 0 unspecified atom stereocenters. The Hall–Kier alpha value is -3.94. The minimum Gasteiger partial charge on any atom is -0.504 e. The number of pyridine rings is 1. The zero-order valence-electron chi connectivity index (χ0n) is 13.6. The first-order valence-corrected chi connectivity index (χ1v) is 7.85. The minimum absolute atomic E-state index is 0.0457. The van der Waals surface area contributed by atoms with E-state index in [9.17, 15) is 24.5 Å². The molecule has 8 heteroatoms. The maximum Gasteiger partial charge on any atom is 0.336 e.